The molecule has 29 heavy (non-hydrogen) atoms. The first-order valence-electron chi connectivity index (χ1n) is 9.44. The normalized spacial score (nSPS) is 12.7. The van der Waals surface area contributed by atoms with Crippen LogP contribution in [0.25, 0.3) is 0 Å². The van der Waals surface area contributed by atoms with Crippen molar-refractivity contribution < 1.29 is 28.7 Å². The van der Waals surface area contributed by atoms with E-state index in [0.29, 0.717) is 24.0 Å². The van der Waals surface area contributed by atoms with Crippen molar-refractivity contribution in [2.45, 2.75) is 26.7 Å². The standard InChI is InChI=1S/C22H23NO6/c1-3-28-21(26)18(22(27)29-4-2)14-8-6-5-7-11-15-23-19(24)16-12-9-10-13-17(16)20(23)25/h8-10,12-14,18H,3-4,7,11,15H2,1-2H3/b14-8+. The number of hydrogen-bond acceptors (Lipinski definition) is 6. The Bertz CT molecular complexity index is 824. The summed E-state index contributed by atoms with van der Waals surface area (Å²) in [5.41, 5.74) is 0.853. The van der Waals surface area contributed by atoms with Gasteiger partial charge in [-0.05, 0) is 38.5 Å². The Labute approximate surface area is 169 Å². The fourth-order valence-electron chi connectivity index (χ4n) is 2.76. The second kappa shape index (κ2) is 10.8. The SMILES string of the molecule is CCOC(=O)C(/C=C/C#CCCCN1C(=O)c2ccccc2C1=O)C(=O)OCC. The fraction of sp³-hybridized carbons (Fsp3) is 0.364. The van der Waals surface area contributed by atoms with Crippen molar-refractivity contribution in [3.8, 4) is 11.8 Å². The Kier molecular flexibility index (Phi) is 8.16. The Hall–Kier alpha value is -3.40. The minimum atomic E-state index is -1.15. The maximum Gasteiger partial charge on any atom is 0.324 e. The molecule has 0 unspecified atom stereocenters. The largest absolute Gasteiger partial charge is 0.465 e. The summed E-state index contributed by atoms with van der Waals surface area (Å²) in [5.74, 6) is 2.51. The van der Waals surface area contributed by atoms with Gasteiger partial charge in [-0.2, -0.15) is 0 Å². The summed E-state index contributed by atoms with van der Waals surface area (Å²) in [6.45, 7) is 3.90. The van der Waals surface area contributed by atoms with E-state index < -0.39 is 17.9 Å². The fourth-order valence-corrected chi connectivity index (χ4v) is 2.76. The molecule has 152 valence electrons. The van der Waals surface area contributed by atoms with Gasteiger partial charge in [0.15, 0.2) is 5.92 Å². The van der Waals surface area contributed by atoms with Crippen LogP contribution in [0.1, 0.15) is 47.4 Å². The number of ether oxygens (including phenoxy) is 2. The molecule has 0 bridgehead atoms. The first-order valence-corrected chi connectivity index (χ1v) is 9.44. The third-order valence-electron chi connectivity index (χ3n) is 4.12. The first kappa shape index (κ1) is 21.9. The summed E-state index contributed by atoms with van der Waals surface area (Å²) in [4.78, 5) is 49.4. The average molecular weight is 397 g/mol. The lowest BCUT2D eigenvalue weighted by atomic mass is 10.1. The van der Waals surface area contributed by atoms with Crippen LogP contribution in [0, 0.1) is 17.8 Å². The van der Waals surface area contributed by atoms with Gasteiger partial charge in [0.05, 0.1) is 24.3 Å². The second-order valence-electron chi connectivity index (χ2n) is 6.07. The van der Waals surface area contributed by atoms with E-state index in [1.165, 1.54) is 17.1 Å². The smallest absolute Gasteiger partial charge is 0.324 e. The molecule has 2 amide bonds. The molecule has 1 aliphatic heterocycles. The van der Waals surface area contributed by atoms with E-state index in [1.54, 1.807) is 38.1 Å². The third kappa shape index (κ3) is 5.55. The highest BCUT2D eigenvalue weighted by Crippen LogP contribution is 2.22. The molecule has 0 radical (unpaired) electrons. The van der Waals surface area contributed by atoms with E-state index >= 15 is 0 Å². The number of amides is 2. The number of carbonyl (C=O) groups excluding carboxylic acids is 4. The molecule has 1 aromatic rings. The highest BCUT2D eigenvalue weighted by molar-refractivity contribution is 6.21. The Balaban J connectivity index is 1.85. The number of rotatable bonds is 8. The Morgan fingerprint density at radius 2 is 1.59 bits per heavy atom. The van der Waals surface area contributed by atoms with Crippen LogP contribution in [-0.4, -0.2) is 48.4 Å². The lowest BCUT2D eigenvalue weighted by molar-refractivity contribution is -0.158. The Morgan fingerprint density at radius 1 is 1.03 bits per heavy atom. The van der Waals surface area contributed by atoms with Crippen molar-refractivity contribution >= 4 is 23.8 Å². The van der Waals surface area contributed by atoms with E-state index in [4.69, 9.17) is 9.47 Å². The molecule has 2 rings (SSSR count). The van der Waals surface area contributed by atoms with E-state index in [9.17, 15) is 19.2 Å². The van der Waals surface area contributed by atoms with Gasteiger partial charge in [0.2, 0.25) is 0 Å². The average Bonchev–Trinajstić information content (AvgIpc) is 2.95. The number of fused-ring (bicyclic) bond motifs is 1. The maximum atomic E-state index is 12.3. The zero-order chi connectivity index (χ0) is 21.2. The molecule has 0 spiro atoms. The summed E-state index contributed by atoms with van der Waals surface area (Å²) < 4.78 is 9.72. The minimum Gasteiger partial charge on any atom is -0.465 e. The zero-order valence-corrected chi connectivity index (χ0v) is 16.5. The third-order valence-corrected chi connectivity index (χ3v) is 4.12. The van der Waals surface area contributed by atoms with E-state index in [1.807, 2.05) is 0 Å². The van der Waals surface area contributed by atoms with Gasteiger partial charge in [-0.1, -0.05) is 30.0 Å². The molecule has 0 aromatic heterocycles. The molecule has 1 heterocycles. The molecule has 0 saturated carbocycles. The zero-order valence-electron chi connectivity index (χ0n) is 16.5. The summed E-state index contributed by atoms with van der Waals surface area (Å²) >= 11 is 0. The summed E-state index contributed by atoms with van der Waals surface area (Å²) in [5, 5.41) is 0. The summed E-state index contributed by atoms with van der Waals surface area (Å²) in [7, 11) is 0. The van der Waals surface area contributed by atoms with Crippen LogP contribution in [0.3, 0.4) is 0 Å². The van der Waals surface area contributed by atoms with E-state index in [-0.39, 0.29) is 31.6 Å². The topological polar surface area (TPSA) is 90.0 Å². The predicted molar refractivity (Wildman–Crippen MR) is 105 cm³/mol. The predicted octanol–water partition coefficient (Wildman–Crippen LogP) is 2.36. The molecule has 0 N–H and O–H groups in total. The summed E-state index contributed by atoms with van der Waals surface area (Å²) in [6.07, 6.45) is 3.71. The van der Waals surface area contributed by atoms with Gasteiger partial charge < -0.3 is 9.47 Å². The van der Waals surface area contributed by atoms with Gasteiger partial charge in [0.25, 0.3) is 11.8 Å². The van der Waals surface area contributed by atoms with Crippen LogP contribution >= 0.6 is 0 Å². The lowest BCUT2D eigenvalue weighted by Gasteiger charge is -2.12. The van der Waals surface area contributed by atoms with Crippen molar-refractivity contribution in [1.29, 1.82) is 0 Å². The van der Waals surface area contributed by atoms with Crippen molar-refractivity contribution in [2.75, 3.05) is 19.8 Å². The van der Waals surface area contributed by atoms with Gasteiger partial charge in [0.1, 0.15) is 0 Å². The number of allylic oxidation sites excluding steroid dienone is 1. The highest BCUT2D eigenvalue weighted by Gasteiger charge is 2.34. The quantitative estimate of drug-likeness (QED) is 0.220. The monoisotopic (exact) mass is 397 g/mol. The number of esters is 2. The molecular weight excluding hydrogens is 374 g/mol. The van der Waals surface area contributed by atoms with Crippen LogP contribution in [0.5, 0.6) is 0 Å². The van der Waals surface area contributed by atoms with Gasteiger partial charge in [-0.3, -0.25) is 24.1 Å². The minimum absolute atomic E-state index is 0.159. The molecular formula is C22H23NO6. The Morgan fingerprint density at radius 3 is 2.10 bits per heavy atom. The van der Waals surface area contributed by atoms with Gasteiger partial charge in [-0.25, -0.2) is 0 Å². The van der Waals surface area contributed by atoms with Gasteiger partial charge >= 0.3 is 11.9 Å². The molecule has 7 nitrogen and oxygen atoms in total. The van der Waals surface area contributed by atoms with Crippen LogP contribution in [0.15, 0.2) is 36.4 Å². The molecule has 0 atom stereocenters. The molecule has 1 aromatic carbocycles. The molecule has 0 aliphatic carbocycles. The van der Waals surface area contributed by atoms with Gasteiger partial charge in [-0.15, -0.1) is 0 Å². The molecule has 0 fully saturated rings. The van der Waals surface area contributed by atoms with Gasteiger partial charge in [0, 0.05) is 13.0 Å². The van der Waals surface area contributed by atoms with Crippen molar-refractivity contribution in [2.24, 2.45) is 5.92 Å². The van der Waals surface area contributed by atoms with Crippen molar-refractivity contribution in [3.05, 3.63) is 47.5 Å². The lowest BCUT2D eigenvalue weighted by Crippen LogP contribution is -2.30. The number of nitrogens with zero attached hydrogens (tertiary/aromatic N) is 1. The van der Waals surface area contributed by atoms with Crippen LogP contribution < -0.4 is 0 Å². The van der Waals surface area contributed by atoms with Crippen LogP contribution in [0.4, 0.5) is 0 Å². The van der Waals surface area contributed by atoms with E-state index in [2.05, 4.69) is 11.8 Å². The highest BCUT2D eigenvalue weighted by atomic mass is 16.6. The van der Waals surface area contributed by atoms with E-state index in [0.717, 1.165) is 0 Å². The number of unbranched alkanes of at least 4 members (excludes halogenated alkanes) is 1. The van der Waals surface area contributed by atoms with Crippen LogP contribution in [-0.2, 0) is 19.1 Å². The number of imide groups is 1. The molecule has 1 aliphatic rings. The summed E-state index contributed by atoms with van der Waals surface area (Å²) in [6, 6.07) is 6.74. The second-order valence-corrected chi connectivity index (χ2v) is 6.07. The van der Waals surface area contributed by atoms with Crippen LogP contribution in [0.2, 0.25) is 0 Å². The molecule has 7 heteroatoms. The van der Waals surface area contributed by atoms with Crippen molar-refractivity contribution in [1.82, 2.24) is 4.90 Å². The first-order chi connectivity index (χ1) is 14.0. The number of benzene rings is 1. The molecule has 0 saturated heterocycles. The maximum absolute atomic E-state index is 12.3. The number of hydrogen-bond donors (Lipinski definition) is 0. The number of carbonyl (C=O) groups is 4. The van der Waals surface area contributed by atoms with Crippen molar-refractivity contribution in [3.63, 3.8) is 0 Å².